The van der Waals surface area contributed by atoms with Crippen LogP contribution < -0.4 is 5.32 Å². The van der Waals surface area contributed by atoms with Crippen LogP contribution in [0.25, 0.3) is 0 Å². The average Bonchev–Trinajstić information content (AvgIpc) is 3.43. The van der Waals surface area contributed by atoms with Gasteiger partial charge in [-0.15, -0.1) is 0 Å². The van der Waals surface area contributed by atoms with E-state index in [4.69, 9.17) is 9.47 Å². The molecule has 1 N–H and O–H groups in total. The maximum Gasteiger partial charge on any atom is 0.318 e. The number of amides is 2. The zero-order valence-corrected chi connectivity index (χ0v) is 21.3. The highest BCUT2D eigenvalue weighted by molar-refractivity contribution is 7.90. The van der Waals surface area contributed by atoms with Crippen molar-refractivity contribution in [1.29, 1.82) is 0 Å². The van der Waals surface area contributed by atoms with Gasteiger partial charge in [0.2, 0.25) is 15.0 Å². The van der Waals surface area contributed by atoms with Gasteiger partial charge in [0.25, 0.3) is 0 Å². The summed E-state index contributed by atoms with van der Waals surface area (Å²) in [7, 11) is -2.14. The van der Waals surface area contributed by atoms with E-state index >= 15 is 0 Å². The van der Waals surface area contributed by atoms with Crippen molar-refractivity contribution in [2.45, 2.75) is 69.8 Å². The van der Waals surface area contributed by atoms with Crippen LogP contribution in [0.15, 0.2) is 35.6 Å². The van der Waals surface area contributed by atoms with Gasteiger partial charge >= 0.3 is 6.03 Å². The van der Waals surface area contributed by atoms with Gasteiger partial charge in [-0.25, -0.2) is 18.2 Å². The number of methoxy groups -OCH3 is 1. The van der Waals surface area contributed by atoms with Crippen molar-refractivity contribution in [1.82, 2.24) is 19.8 Å². The predicted molar refractivity (Wildman–Crippen MR) is 129 cm³/mol. The number of urea groups is 1. The first-order valence-electron chi connectivity index (χ1n) is 11.7. The molecule has 188 valence electrons. The number of aryl methyl sites for hydroxylation is 1. The van der Waals surface area contributed by atoms with Crippen LogP contribution in [0.4, 0.5) is 4.79 Å². The van der Waals surface area contributed by atoms with Gasteiger partial charge in [-0.3, -0.25) is 0 Å². The number of carbonyl (C=O) groups excluding carboxylic acids is 1. The number of sulfone groups is 1. The second-order valence-electron chi connectivity index (χ2n) is 9.04. The largest absolute Gasteiger partial charge is 0.383 e. The minimum atomic E-state index is -3.71. The van der Waals surface area contributed by atoms with E-state index in [0.29, 0.717) is 37.6 Å². The van der Waals surface area contributed by atoms with Gasteiger partial charge < -0.3 is 24.3 Å². The molecule has 0 radical (unpaired) electrons. The van der Waals surface area contributed by atoms with Gasteiger partial charge in [-0.2, -0.15) is 0 Å². The van der Waals surface area contributed by atoms with E-state index in [1.807, 2.05) is 45.0 Å². The Hall–Kier alpha value is -2.43. The van der Waals surface area contributed by atoms with E-state index in [1.165, 1.54) is 0 Å². The fourth-order valence-corrected chi connectivity index (χ4v) is 5.46. The molecule has 34 heavy (non-hydrogen) atoms. The first kappa shape index (κ1) is 26.2. The fraction of sp³-hybridized carbons (Fsp3) is 0.583. The number of ether oxygens (including phenoxy) is 2. The van der Waals surface area contributed by atoms with E-state index in [9.17, 15) is 13.2 Å². The lowest BCUT2D eigenvalue weighted by molar-refractivity contribution is 0.0782. The molecule has 2 amide bonds. The van der Waals surface area contributed by atoms with E-state index in [0.717, 1.165) is 18.4 Å². The zero-order chi connectivity index (χ0) is 24.7. The van der Waals surface area contributed by atoms with Crippen LogP contribution in [-0.4, -0.2) is 67.9 Å². The second-order valence-corrected chi connectivity index (χ2v) is 10.9. The molecule has 1 saturated heterocycles. The molecule has 3 rings (SSSR count). The highest BCUT2D eigenvalue weighted by atomic mass is 32.2. The molecule has 10 heteroatoms. The number of hydrogen-bond acceptors (Lipinski definition) is 6. The zero-order valence-electron chi connectivity index (χ0n) is 20.5. The molecule has 1 fully saturated rings. The Balaban J connectivity index is 1.88. The molecular weight excluding hydrogens is 456 g/mol. The number of benzene rings is 1. The number of hydrogen-bond donors (Lipinski definition) is 1. The van der Waals surface area contributed by atoms with Crippen LogP contribution in [-0.2, 0) is 38.2 Å². The van der Waals surface area contributed by atoms with E-state index in [2.05, 4.69) is 10.3 Å². The van der Waals surface area contributed by atoms with Crippen molar-refractivity contribution >= 4 is 15.9 Å². The Morgan fingerprint density at radius 1 is 1.32 bits per heavy atom. The SMILES string of the molecule is COCCn1c(CN(C[C@H]2CCCO2)C(=O)NC(C)C)cnc1S(=O)(=O)Cc1ccc(C)cc1. The molecular formula is C24H36N4O5S. The van der Waals surface area contributed by atoms with Crippen LogP contribution in [0.3, 0.4) is 0 Å². The lowest BCUT2D eigenvalue weighted by atomic mass is 10.2. The lowest BCUT2D eigenvalue weighted by Crippen LogP contribution is -2.45. The summed E-state index contributed by atoms with van der Waals surface area (Å²) in [6, 6.07) is 7.18. The number of imidazole rings is 1. The predicted octanol–water partition coefficient (Wildman–Crippen LogP) is 2.91. The number of nitrogens with one attached hydrogen (secondary N) is 1. The number of aromatic nitrogens is 2. The van der Waals surface area contributed by atoms with Crippen LogP contribution in [0.2, 0.25) is 0 Å². The van der Waals surface area contributed by atoms with Gasteiger partial charge in [0.05, 0.1) is 36.9 Å². The van der Waals surface area contributed by atoms with E-state index < -0.39 is 9.84 Å². The van der Waals surface area contributed by atoms with Crippen LogP contribution >= 0.6 is 0 Å². The molecule has 0 unspecified atom stereocenters. The van der Waals surface area contributed by atoms with Crippen LogP contribution in [0, 0.1) is 6.92 Å². The molecule has 9 nitrogen and oxygen atoms in total. The number of rotatable bonds is 11. The fourth-order valence-electron chi connectivity index (χ4n) is 3.94. The maximum atomic E-state index is 13.3. The standard InChI is InChI=1S/C24H36N4O5S/c1-18(2)26-23(29)27(16-22-6-5-12-33-22)15-21-14-25-24(28(21)11-13-32-4)34(30,31)17-20-9-7-19(3)8-10-20/h7-10,14,18,22H,5-6,11-13,15-17H2,1-4H3,(H,26,29)/t22-/m1/s1. The number of carbonyl (C=O) groups is 1. The highest BCUT2D eigenvalue weighted by Crippen LogP contribution is 2.21. The normalized spacial score (nSPS) is 16.2. The summed E-state index contributed by atoms with van der Waals surface area (Å²) in [5, 5.41) is 2.92. The minimum absolute atomic E-state index is 0.0125. The summed E-state index contributed by atoms with van der Waals surface area (Å²) >= 11 is 0. The molecule has 0 saturated carbocycles. The Bertz CT molecular complexity index is 1040. The van der Waals surface area contributed by atoms with Crippen molar-refractivity contribution < 1.29 is 22.7 Å². The van der Waals surface area contributed by atoms with Crippen molar-refractivity contribution in [3.8, 4) is 0 Å². The summed E-state index contributed by atoms with van der Waals surface area (Å²) in [6.45, 7) is 7.74. The first-order chi connectivity index (χ1) is 16.2. The highest BCUT2D eigenvalue weighted by Gasteiger charge is 2.28. The third kappa shape index (κ3) is 7.04. The van der Waals surface area contributed by atoms with Gasteiger partial charge in [0.15, 0.2) is 0 Å². The van der Waals surface area contributed by atoms with Gasteiger partial charge in [-0.05, 0) is 39.2 Å². The van der Waals surface area contributed by atoms with Crippen LogP contribution in [0.1, 0.15) is 43.5 Å². The molecule has 1 aliphatic heterocycles. The molecule has 2 heterocycles. The third-order valence-corrected chi connectivity index (χ3v) is 7.27. The summed E-state index contributed by atoms with van der Waals surface area (Å²) in [4.78, 5) is 18.9. The monoisotopic (exact) mass is 492 g/mol. The Labute approximate surface area is 202 Å². The Morgan fingerprint density at radius 3 is 2.68 bits per heavy atom. The van der Waals surface area contributed by atoms with Gasteiger partial charge in [-0.1, -0.05) is 29.8 Å². The van der Waals surface area contributed by atoms with Crippen molar-refractivity contribution in [3.05, 3.63) is 47.3 Å². The van der Waals surface area contributed by atoms with Crippen molar-refractivity contribution in [3.63, 3.8) is 0 Å². The summed E-state index contributed by atoms with van der Waals surface area (Å²) < 4.78 is 39.2. The summed E-state index contributed by atoms with van der Waals surface area (Å²) in [5.41, 5.74) is 2.40. The molecule has 1 aromatic heterocycles. The molecule has 1 aliphatic rings. The topological polar surface area (TPSA) is 103 Å². The first-order valence-corrected chi connectivity index (χ1v) is 13.3. The number of nitrogens with zero attached hydrogens (tertiary/aromatic N) is 3. The molecule has 0 bridgehead atoms. The van der Waals surface area contributed by atoms with Gasteiger partial charge in [0.1, 0.15) is 0 Å². The molecule has 1 aromatic carbocycles. The third-order valence-electron chi connectivity index (χ3n) is 5.68. The van der Waals surface area contributed by atoms with Crippen LogP contribution in [0.5, 0.6) is 0 Å². The smallest absolute Gasteiger partial charge is 0.318 e. The van der Waals surface area contributed by atoms with Crippen molar-refractivity contribution in [2.24, 2.45) is 0 Å². The van der Waals surface area contributed by atoms with Crippen molar-refractivity contribution in [2.75, 3.05) is 26.9 Å². The lowest BCUT2D eigenvalue weighted by Gasteiger charge is -2.27. The Kier molecular flexibility index (Phi) is 9.10. The minimum Gasteiger partial charge on any atom is -0.383 e. The Morgan fingerprint density at radius 2 is 2.06 bits per heavy atom. The molecule has 2 aromatic rings. The summed E-state index contributed by atoms with van der Waals surface area (Å²) in [5.74, 6) is -0.149. The molecule has 0 aliphatic carbocycles. The molecule has 0 spiro atoms. The van der Waals surface area contributed by atoms with Gasteiger partial charge in [0, 0.05) is 32.8 Å². The quantitative estimate of drug-likeness (QED) is 0.517. The maximum absolute atomic E-state index is 13.3. The molecule has 1 atom stereocenters. The summed E-state index contributed by atoms with van der Waals surface area (Å²) in [6.07, 6.45) is 3.38. The van der Waals surface area contributed by atoms with E-state index in [1.54, 1.807) is 22.8 Å². The second kappa shape index (κ2) is 11.8. The average molecular weight is 493 g/mol. The van der Waals surface area contributed by atoms with E-state index in [-0.39, 0.29) is 35.6 Å².